The third-order valence-electron chi connectivity index (χ3n) is 0.571. The molecule has 0 aliphatic rings. The second kappa shape index (κ2) is 65.6. The lowest BCUT2D eigenvalue weighted by Gasteiger charge is -1.89. The zero-order chi connectivity index (χ0) is 17.1. The standard InChI is InChI=1S/C6H10O.3C3H6.C2H6O2/c1-3-5-7-6-4-2;3*1-3-2;3-1-2-4/h3-4H,1-2,5-6H2;3*3H,1H2,2H3;3-4H,1-2H2. The number of aliphatic hydroxyl groups excluding tert-OH is 2. The van der Waals surface area contributed by atoms with Crippen LogP contribution in [0, 0.1) is 0 Å². The van der Waals surface area contributed by atoms with Crippen molar-refractivity contribution in [3.8, 4) is 0 Å². The van der Waals surface area contributed by atoms with E-state index >= 15 is 0 Å². The van der Waals surface area contributed by atoms with Crippen LogP contribution in [0.5, 0.6) is 0 Å². The van der Waals surface area contributed by atoms with Crippen molar-refractivity contribution in [2.75, 3.05) is 26.4 Å². The normalized spacial score (nSPS) is 6.25. The molecule has 0 spiro atoms. The zero-order valence-corrected chi connectivity index (χ0v) is 13.6. The molecule has 0 unspecified atom stereocenters. The van der Waals surface area contributed by atoms with E-state index in [0.29, 0.717) is 13.2 Å². The molecule has 0 rings (SSSR count). The molecule has 0 amide bonds. The summed E-state index contributed by atoms with van der Waals surface area (Å²) in [4.78, 5) is 0. The minimum atomic E-state index is -0.125. The van der Waals surface area contributed by atoms with Gasteiger partial charge in [-0.25, -0.2) is 0 Å². The fourth-order valence-electron chi connectivity index (χ4n) is 0.235. The van der Waals surface area contributed by atoms with E-state index in [2.05, 4.69) is 32.9 Å². The van der Waals surface area contributed by atoms with E-state index in [1.165, 1.54) is 0 Å². The van der Waals surface area contributed by atoms with Crippen molar-refractivity contribution in [3.05, 3.63) is 63.3 Å². The quantitative estimate of drug-likeness (QED) is 0.595. The van der Waals surface area contributed by atoms with Gasteiger partial charge in [-0.3, -0.25) is 0 Å². The molecule has 2 N–H and O–H groups in total. The first-order chi connectivity index (χ1) is 9.57. The van der Waals surface area contributed by atoms with Crippen LogP contribution in [0.4, 0.5) is 0 Å². The van der Waals surface area contributed by atoms with Gasteiger partial charge < -0.3 is 14.9 Å². The first-order valence-corrected chi connectivity index (χ1v) is 6.30. The highest BCUT2D eigenvalue weighted by Gasteiger charge is 1.70. The number of ether oxygens (including phenoxy) is 1. The number of allylic oxidation sites excluding steroid dienone is 3. The number of hydrogen-bond acceptors (Lipinski definition) is 3. The Hall–Kier alpha value is -1.42. The summed E-state index contributed by atoms with van der Waals surface area (Å²) in [7, 11) is 0. The molecule has 0 atom stereocenters. The van der Waals surface area contributed by atoms with Crippen LogP contribution in [0.3, 0.4) is 0 Å². The van der Waals surface area contributed by atoms with Crippen LogP contribution in [0.15, 0.2) is 63.3 Å². The molecule has 0 saturated carbocycles. The van der Waals surface area contributed by atoms with Gasteiger partial charge in [0.2, 0.25) is 0 Å². The first-order valence-electron chi connectivity index (χ1n) is 6.30. The Morgan fingerprint density at radius 3 is 1.00 bits per heavy atom. The number of rotatable bonds is 5. The molecular weight excluding hydrogens is 252 g/mol. The summed E-state index contributed by atoms with van der Waals surface area (Å²) in [6.07, 6.45) is 8.67. The molecule has 0 aromatic heterocycles. The van der Waals surface area contributed by atoms with Crippen molar-refractivity contribution in [1.82, 2.24) is 0 Å². The van der Waals surface area contributed by atoms with Crippen LogP contribution in [0.25, 0.3) is 0 Å². The van der Waals surface area contributed by atoms with Gasteiger partial charge in [-0.2, -0.15) is 0 Å². The summed E-state index contributed by atoms with van der Waals surface area (Å²) in [5, 5.41) is 15.2. The SMILES string of the molecule is C=CC.C=CC.C=CC.C=CCOCC=C.OCCO. The lowest BCUT2D eigenvalue weighted by molar-refractivity contribution is 0.186. The summed E-state index contributed by atoms with van der Waals surface area (Å²) in [6.45, 7) is 23.7. The third kappa shape index (κ3) is 314. The largest absolute Gasteiger partial charge is 0.394 e. The minimum absolute atomic E-state index is 0.125. The highest BCUT2D eigenvalue weighted by molar-refractivity contribution is 4.68. The van der Waals surface area contributed by atoms with Crippen LogP contribution in [0.1, 0.15) is 20.8 Å². The summed E-state index contributed by atoms with van der Waals surface area (Å²) in [5.74, 6) is 0. The summed E-state index contributed by atoms with van der Waals surface area (Å²) < 4.78 is 4.90. The molecule has 0 bridgehead atoms. The highest BCUT2D eigenvalue weighted by Crippen LogP contribution is 1.72. The van der Waals surface area contributed by atoms with Gasteiger partial charge in [-0.05, 0) is 20.8 Å². The molecule has 0 radical (unpaired) electrons. The molecule has 0 aromatic rings. The summed E-state index contributed by atoms with van der Waals surface area (Å²) >= 11 is 0. The Morgan fingerprint density at radius 1 is 0.700 bits per heavy atom. The lowest BCUT2D eigenvalue weighted by Crippen LogP contribution is -1.87. The van der Waals surface area contributed by atoms with Gasteiger partial charge in [0.05, 0.1) is 26.4 Å². The minimum Gasteiger partial charge on any atom is -0.394 e. The predicted molar refractivity (Wildman–Crippen MR) is 93.0 cm³/mol. The van der Waals surface area contributed by atoms with E-state index in [0.717, 1.165) is 0 Å². The van der Waals surface area contributed by atoms with Crippen molar-refractivity contribution in [1.29, 1.82) is 0 Å². The van der Waals surface area contributed by atoms with Gasteiger partial charge in [-0.1, -0.05) is 30.4 Å². The average molecular weight is 286 g/mol. The summed E-state index contributed by atoms with van der Waals surface area (Å²) in [6, 6.07) is 0. The Morgan fingerprint density at radius 2 is 0.900 bits per heavy atom. The smallest absolute Gasteiger partial charge is 0.0662 e. The fraction of sp³-hybridized carbons (Fsp3) is 0.412. The lowest BCUT2D eigenvalue weighted by atomic mass is 10.6. The molecule has 0 aromatic carbocycles. The van der Waals surface area contributed by atoms with Gasteiger partial charge in [0, 0.05) is 0 Å². The monoisotopic (exact) mass is 286 g/mol. The van der Waals surface area contributed by atoms with E-state index in [1.807, 2.05) is 20.8 Å². The molecule has 0 fully saturated rings. The van der Waals surface area contributed by atoms with E-state index in [-0.39, 0.29) is 13.2 Å². The van der Waals surface area contributed by atoms with Crippen LogP contribution < -0.4 is 0 Å². The van der Waals surface area contributed by atoms with Gasteiger partial charge in [-0.15, -0.1) is 32.9 Å². The van der Waals surface area contributed by atoms with Crippen molar-refractivity contribution >= 4 is 0 Å². The molecule has 20 heavy (non-hydrogen) atoms. The molecular formula is C17H34O3. The molecule has 0 saturated heterocycles. The molecule has 0 aliphatic carbocycles. The molecule has 0 aliphatic heterocycles. The average Bonchev–Trinajstić information content (AvgIpc) is 2.42. The van der Waals surface area contributed by atoms with E-state index in [1.54, 1.807) is 30.4 Å². The predicted octanol–water partition coefficient (Wildman–Crippen LogP) is 3.92. The van der Waals surface area contributed by atoms with Crippen LogP contribution in [-0.4, -0.2) is 36.6 Å². The summed E-state index contributed by atoms with van der Waals surface area (Å²) in [5.41, 5.74) is 0. The van der Waals surface area contributed by atoms with Gasteiger partial charge in [0.15, 0.2) is 0 Å². The maximum atomic E-state index is 7.62. The number of aliphatic hydroxyl groups is 2. The van der Waals surface area contributed by atoms with E-state index < -0.39 is 0 Å². The van der Waals surface area contributed by atoms with E-state index in [9.17, 15) is 0 Å². The maximum absolute atomic E-state index is 7.62. The van der Waals surface area contributed by atoms with Gasteiger partial charge in [0.1, 0.15) is 0 Å². The second-order valence-electron chi connectivity index (χ2n) is 2.79. The van der Waals surface area contributed by atoms with Crippen LogP contribution in [0.2, 0.25) is 0 Å². The number of hydrogen-bond donors (Lipinski definition) is 2. The van der Waals surface area contributed by atoms with Gasteiger partial charge >= 0.3 is 0 Å². The maximum Gasteiger partial charge on any atom is 0.0662 e. The molecule has 0 heterocycles. The first kappa shape index (κ1) is 31.1. The Balaban J connectivity index is -0.0000000501. The van der Waals surface area contributed by atoms with Crippen molar-refractivity contribution in [3.63, 3.8) is 0 Å². The van der Waals surface area contributed by atoms with E-state index in [4.69, 9.17) is 14.9 Å². The zero-order valence-electron chi connectivity index (χ0n) is 13.6. The Labute approximate surface area is 126 Å². The fourth-order valence-corrected chi connectivity index (χ4v) is 0.235. The van der Waals surface area contributed by atoms with Gasteiger partial charge in [0.25, 0.3) is 0 Å². The highest BCUT2D eigenvalue weighted by atomic mass is 16.5. The second-order valence-corrected chi connectivity index (χ2v) is 2.79. The molecule has 3 heteroatoms. The van der Waals surface area contributed by atoms with Crippen LogP contribution in [-0.2, 0) is 4.74 Å². The Bertz CT molecular complexity index is 151. The molecule has 3 nitrogen and oxygen atoms in total. The van der Waals surface area contributed by atoms with Crippen molar-refractivity contribution in [2.45, 2.75) is 20.8 Å². The van der Waals surface area contributed by atoms with Crippen LogP contribution >= 0.6 is 0 Å². The molecule has 120 valence electrons. The van der Waals surface area contributed by atoms with Crippen molar-refractivity contribution < 1.29 is 14.9 Å². The Kier molecular flexibility index (Phi) is 102. The van der Waals surface area contributed by atoms with Crippen molar-refractivity contribution in [2.24, 2.45) is 0 Å². The third-order valence-corrected chi connectivity index (χ3v) is 0.571. The topological polar surface area (TPSA) is 49.7 Å².